The first kappa shape index (κ1) is 50.8. The molecule has 21 heteroatoms. The molecule has 0 unspecified atom stereocenters. The number of hydrogen-bond acceptors (Lipinski definition) is 11. The quantitative estimate of drug-likeness (QED) is 0.0570. The summed E-state index contributed by atoms with van der Waals surface area (Å²) in [6.45, 7) is 14.8. The summed E-state index contributed by atoms with van der Waals surface area (Å²) in [6, 6.07) is -9.81. The lowest BCUT2D eigenvalue weighted by atomic mass is 9.99. The second-order valence-electron chi connectivity index (χ2n) is 16.6. The maximum absolute atomic E-state index is 13.9. The lowest BCUT2D eigenvalue weighted by molar-refractivity contribution is -0.144. The topological polar surface area (TPSA) is 311 Å². The van der Waals surface area contributed by atoms with Gasteiger partial charge in [0.15, 0.2) is 0 Å². The molecule has 0 radical (unpaired) electrons. The van der Waals surface area contributed by atoms with Crippen LogP contribution in [-0.2, 0) is 47.9 Å². The van der Waals surface area contributed by atoms with E-state index in [2.05, 4.69) is 42.5 Å². The van der Waals surface area contributed by atoms with E-state index in [9.17, 15) is 58.2 Å². The summed E-state index contributed by atoms with van der Waals surface area (Å²) in [5, 5.41) is 39.7. The highest BCUT2D eigenvalue weighted by Crippen LogP contribution is 2.21. The zero-order valence-electron chi connectivity index (χ0n) is 36.0. The van der Waals surface area contributed by atoms with Crippen molar-refractivity contribution in [2.24, 2.45) is 17.8 Å². The van der Waals surface area contributed by atoms with Gasteiger partial charge in [-0.05, 0) is 77.2 Å². The molecular formula is C39H65N9O12. The predicted octanol–water partition coefficient (Wildman–Crippen LogP) is -1.90. The van der Waals surface area contributed by atoms with Crippen molar-refractivity contribution >= 4 is 59.2 Å². The first-order valence-electron chi connectivity index (χ1n) is 20.6. The molecule has 10 N–H and O–H groups in total. The third kappa shape index (κ3) is 15.0. The fraction of sp³-hybridized carbons (Fsp3) is 0.744. The van der Waals surface area contributed by atoms with Crippen molar-refractivity contribution in [2.45, 2.75) is 155 Å². The van der Waals surface area contributed by atoms with E-state index in [0.717, 1.165) is 6.42 Å². The van der Waals surface area contributed by atoms with Crippen LogP contribution in [0.3, 0.4) is 0 Å². The van der Waals surface area contributed by atoms with Crippen molar-refractivity contribution in [3.05, 3.63) is 0 Å². The second kappa shape index (κ2) is 23.4. The van der Waals surface area contributed by atoms with Crippen molar-refractivity contribution in [3.63, 3.8) is 0 Å². The normalized spacial score (nSPS) is 19.8. The van der Waals surface area contributed by atoms with Gasteiger partial charge in [-0.25, -0.2) is 4.79 Å². The SMILES string of the molecule is CC(C)[C@H](NC(=O)[C@@H](NC(=O)[C@H](C)NC(=O)[C@@H](NC(=O)[C@@H]1CCCN1C(=O)[C@H](CCC(=O)O)NC(=O)[C@H](C)NC(=O)[C@H](C)NC(=O)[C@@H]1CCCN1)C(C)C)C(C)C)C(=O)O. The van der Waals surface area contributed by atoms with Crippen molar-refractivity contribution in [2.75, 3.05) is 13.1 Å². The van der Waals surface area contributed by atoms with Gasteiger partial charge in [-0.3, -0.25) is 43.2 Å². The Balaban J connectivity index is 2.11. The van der Waals surface area contributed by atoms with E-state index in [1.54, 1.807) is 41.5 Å². The fourth-order valence-electron chi connectivity index (χ4n) is 6.74. The monoisotopic (exact) mass is 851 g/mol. The van der Waals surface area contributed by atoms with Crippen LogP contribution < -0.4 is 42.5 Å². The minimum Gasteiger partial charge on any atom is -0.481 e. The number of amides is 8. The minimum absolute atomic E-state index is 0.0838. The van der Waals surface area contributed by atoms with E-state index in [1.807, 2.05) is 0 Å². The minimum atomic E-state index is -1.40. The van der Waals surface area contributed by atoms with Gasteiger partial charge in [0, 0.05) is 13.0 Å². The van der Waals surface area contributed by atoms with Gasteiger partial charge in [-0.2, -0.15) is 0 Å². The Labute approximate surface area is 350 Å². The van der Waals surface area contributed by atoms with Crippen LogP contribution in [0, 0.1) is 17.8 Å². The number of hydrogen-bond donors (Lipinski definition) is 10. The maximum Gasteiger partial charge on any atom is 0.326 e. The highest BCUT2D eigenvalue weighted by atomic mass is 16.4. The number of rotatable bonds is 22. The summed E-state index contributed by atoms with van der Waals surface area (Å²) in [4.78, 5) is 130. The molecule has 0 aromatic rings. The number of likely N-dealkylation sites (tertiary alicyclic amines) is 1. The lowest BCUT2D eigenvalue weighted by Gasteiger charge is -2.31. The molecule has 2 rings (SSSR count). The van der Waals surface area contributed by atoms with Crippen LogP contribution in [0.4, 0.5) is 0 Å². The first-order chi connectivity index (χ1) is 28.0. The van der Waals surface area contributed by atoms with Crippen molar-refractivity contribution in [1.82, 2.24) is 47.4 Å². The molecule has 0 spiro atoms. The Hall–Kier alpha value is -5.34. The molecule has 8 amide bonds. The molecule has 9 atom stereocenters. The Kier molecular flexibility index (Phi) is 19.9. The molecule has 0 aromatic heterocycles. The molecule has 2 saturated heterocycles. The Bertz CT molecular complexity index is 1600. The summed E-state index contributed by atoms with van der Waals surface area (Å²) in [5.74, 6) is -9.32. The molecule has 338 valence electrons. The average molecular weight is 852 g/mol. The van der Waals surface area contributed by atoms with Gasteiger partial charge in [0.1, 0.15) is 48.3 Å². The summed E-state index contributed by atoms with van der Waals surface area (Å²) < 4.78 is 0. The van der Waals surface area contributed by atoms with Crippen LogP contribution in [0.15, 0.2) is 0 Å². The summed E-state index contributed by atoms with van der Waals surface area (Å²) >= 11 is 0. The highest BCUT2D eigenvalue weighted by molar-refractivity contribution is 5.98. The Morgan fingerprint density at radius 1 is 0.567 bits per heavy atom. The van der Waals surface area contributed by atoms with E-state index in [1.165, 1.54) is 25.7 Å². The van der Waals surface area contributed by atoms with Crippen LogP contribution >= 0.6 is 0 Å². The fourth-order valence-corrected chi connectivity index (χ4v) is 6.74. The smallest absolute Gasteiger partial charge is 0.326 e. The number of aliphatic carboxylic acids is 2. The molecule has 2 aliphatic rings. The van der Waals surface area contributed by atoms with Gasteiger partial charge in [0.2, 0.25) is 47.3 Å². The number of carboxylic acids is 2. The maximum atomic E-state index is 13.9. The number of carboxylic acid groups (broad SMARTS) is 2. The zero-order valence-corrected chi connectivity index (χ0v) is 36.0. The molecule has 0 bridgehead atoms. The molecule has 21 nitrogen and oxygen atoms in total. The molecule has 2 fully saturated rings. The molecule has 2 aliphatic heterocycles. The van der Waals surface area contributed by atoms with Crippen LogP contribution in [0.25, 0.3) is 0 Å². The van der Waals surface area contributed by atoms with E-state index in [0.29, 0.717) is 19.4 Å². The Morgan fingerprint density at radius 2 is 1.05 bits per heavy atom. The Morgan fingerprint density at radius 3 is 1.57 bits per heavy atom. The van der Waals surface area contributed by atoms with Crippen molar-refractivity contribution < 1.29 is 58.2 Å². The van der Waals surface area contributed by atoms with Gasteiger partial charge in [0.25, 0.3) is 0 Å². The van der Waals surface area contributed by atoms with E-state index in [4.69, 9.17) is 0 Å². The zero-order chi connectivity index (χ0) is 45.6. The predicted molar refractivity (Wildman–Crippen MR) is 215 cm³/mol. The van der Waals surface area contributed by atoms with Crippen LogP contribution in [0.5, 0.6) is 0 Å². The third-order valence-corrected chi connectivity index (χ3v) is 10.5. The van der Waals surface area contributed by atoms with Crippen LogP contribution in [-0.4, -0.2) is 142 Å². The molecule has 0 saturated carbocycles. The van der Waals surface area contributed by atoms with E-state index < -0.39 is 132 Å². The van der Waals surface area contributed by atoms with Crippen molar-refractivity contribution in [3.8, 4) is 0 Å². The average Bonchev–Trinajstić information content (AvgIpc) is 3.89. The van der Waals surface area contributed by atoms with Gasteiger partial charge in [-0.15, -0.1) is 0 Å². The second-order valence-corrected chi connectivity index (χ2v) is 16.6. The summed E-state index contributed by atoms with van der Waals surface area (Å²) in [6.07, 6.45) is 1.17. The highest BCUT2D eigenvalue weighted by Gasteiger charge is 2.40. The largest absolute Gasteiger partial charge is 0.481 e. The molecule has 0 aromatic carbocycles. The number of carbonyl (C=O) groups excluding carboxylic acids is 8. The van der Waals surface area contributed by atoms with Crippen LogP contribution in [0.2, 0.25) is 0 Å². The van der Waals surface area contributed by atoms with E-state index >= 15 is 0 Å². The van der Waals surface area contributed by atoms with Gasteiger partial charge < -0.3 is 57.6 Å². The van der Waals surface area contributed by atoms with E-state index in [-0.39, 0.29) is 25.3 Å². The van der Waals surface area contributed by atoms with Gasteiger partial charge in [-0.1, -0.05) is 41.5 Å². The lowest BCUT2D eigenvalue weighted by Crippen LogP contribution is -2.60. The number of nitrogens with zero attached hydrogens (tertiary/aromatic N) is 1. The summed E-state index contributed by atoms with van der Waals surface area (Å²) in [5.41, 5.74) is 0. The molecule has 60 heavy (non-hydrogen) atoms. The third-order valence-electron chi connectivity index (χ3n) is 10.5. The first-order valence-corrected chi connectivity index (χ1v) is 20.6. The van der Waals surface area contributed by atoms with Crippen LogP contribution in [0.1, 0.15) is 101 Å². The molecular weight excluding hydrogens is 786 g/mol. The van der Waals surface area contributed by atoms with Gasteiger partial charge in [0.05, 0.1) is 6.04 Å². The van der Waals surface area contributed by atoms with Crippen molar-refractivity contribution in [1.29, 1.82) is 0 Å². The molecule has 0 aliphatic carbocycles. The standard InChI is InChI=1S/C39H65N9O12/c1-18(2)28(36(56)43-23(9)33(53)45-29(19(3)4)37(57)47-30(20(5)6)39(59)60)46-35(55)26-13-11-17-48(26)38(58)25(14-15-27(49)50)44-32(52)22(8)41-31(51)21(7)42-34(54)24-12-10-16-40-24/h18-26,28-30,40H,10-17H2,1-9H3,(H,41,51)(H,42,54)(H,43,56)(H,44,52)(H,45,53)(H,46,55)(H,47,57)(H,49,50)(H,59,60)/t21-,22-,23-,24-,25-,26-,28-,29-,30-/m0/s1. The summed E-state index contributed by atoms with van der Waals surface area (Å²) in [7, 11) is 0. The molecule has 2 heterocycles. The number of nitrogens with one attached hydrogen (secondary N) is 8. The number of carbonyl (C=O) groups is 10. The van der Waals surface area contributed by atoms with Gasteiger partial charge >= 0.3 is 11.9 Å².